The number of alkyl halides is 3. The maximum atomic E-state index is 13.8. The molecule has 206 valence electrons. The molecule has 1 saturated heterocycles. The van der Waals surface area contributed by atoms with E-state index in [4.69, 9.17) is 0 Å². The van der Waals surface area contributed by atoms with Gasteiger partial charge in [0.05, 0.1) is 5.56 Å². The van der Waals surface area contributed by atoms with Crippen molar-refractivity contribution in [2.75, 3.05) is 36.8 Å². The first kappa shape index (κ1) is 28.3. The number of anilines is 2. The van der Waals surface area contributed by atoms with Gasteiger partial charge >= 0.3 is 6.18 Å². The molecule has 2 heterocycles. The third-order valence-corrected chi connectivity index (χ3v) is 6.67. The second-order valence-electron chi connectivity index (χ2n) is 9.78. The Kier molecular flexibility index (Phi) is 8.98. The van der Waals surface area contributed by atoms with Gasteiger partial charge in [0.15, 0.2) is 0 Å². The zero-order valence-corrected chi connectivity index (χ0v) is 21.9. The van der Waals surface area contributed by atoms with Crippen LogP contribution in [0.3, 0.4) is 0 Å². The van der Waals surface area contributed by atoms with Gasteiger partial charge < -0.3 is 16.0 Å². The number of amides is 2. The van der Waals surface area contributed by atoms with Crippen molar-refractivity contribution in [2.24, 2.45) is 0 Å². The second-order valence-corrected chi connectivity index (χ2v) is 9.78. The molecule has 1 fully saturated rings. The molecule has 0 radical (unpaired) electrons. The summed E-state index contributed by atoms with van der Waals surface area (Å²) in [6, 6.07) is 15.3. The SMILES string of the molecule is CC(=O)Nc1ccc(-c2ccc(C(C)CC(=O)Nc3ccc(CN4CCNCC4)c(C(F)(F)F)c3)cc2)cn1. The minimum absolute atomic E-state index is 0.121. The summed E-state index contributed by atoms with van der Waals surface area (Å²) in [5.41, 5.74) is 2.35. The minimum atomic E-state index is -4.51. The lowest BCUT2D eigenvalue weighted by molar-refractivity contribution is -0.138. The van der Waals surface area contributed by atoms with Crippen LogP contribution < -0.4 is 16.0 Å². The molecule has 3 aromatic rings. The topological polar surface area (TPSA) is 86.4 Å². The molecular weight excluding hydrogens is 507 g/mol. The third-order valence-electron chi connectivity index (χ3n) is 6.67. The largest absolute Gasteiger partial charge is 0.416 e. The number of piperazine rings is 1. The zero-order chi connectivity index (χ0) is 28.0. The van der Waals surface area contributed by atoms with Crippen LogP contribution in [0, 0.1) is 0 Å². The molecule has 0 spiro atoms. The van der Waals surface area contributed by atoms with Gasteiger partial charge in [0.2, 0.25) is 11.8 Å². The summed E-state index contributed by atoms with van der Waals surface area (Å²) in [6.45, 7) is 6.41. The number of nitrogens with one attached hydrogen (secondary N) is 3. The fourth-order valence-electron chi connectivity index (χ4n) is 4.60. The van der Waals surface area contributed by atoms with Crippen molar-refractivity contribution in [2.45, 2.75) is 38.9 Å². The lowest BCUT2D eigenvalue weighted by Gasteiger charge is -2.28. The highest BCUT2D eigenvalue weighted by Crippen LogP contribution is 2.35. The van der Waals surface area contributed by atoms with Gasteiger partial charge in [0, 0.05) is 63.5 Å². The molecule has 7 nitrogen and oxygen atoms in total. The quantitative estimate of drug-likeness (QED) is 0.364. The van der Waals surface area contributed by atoms with E-state index in [1.165, 1.54) is 19.1 Å². The molecule has 1 unspecified atom stereocenters. The lowest BCUT2D eigenvalue weighted by atomic mass is 9.95. The van der Waals surface area contributed by atoms with Crippen LogP contribution in [-0.2, 0) is 22.3 Å². The molecule has 1 atom stereocenters. The summed E-state index contributed by atoms with van der Waals surface area (Å²) < 4.78 is 41.4. The van der Waals surface area contributed by atoms with E-state index in [-0.39, 0.29) is 41.9 Å². The fourth-order valence-corrected chi connectivity index (χ4v) is 4.60. The third kappa shape index (κ3) is 7.87. The van der Waals surface area contributed by atoms with Crippen molar-refractivity contribution in [3.05, 3.63) is 77.5 Å². The predicted molar refractivity (Wildman–Crippen MR) is 145 cm³/mol. The molecule has 0 saturated carbocycles. The Morgan fingerprint density at radius 1 is 1.00 bits per heavy atom. The number of nitrogens with zero attached hydrogens (tertiary/aromatic N) is 2. The van der Waals surface area contributed by atoms with Crippen LogP contribution in [0.2, 0.25) is 0 Å². The predicted octanol–water partition coefficient (Wildman–Crippen LogP) is 5.26. The van der Waals surface area contributed by atoms with E-state index in [0.717, 1.165) is 35.8 Å². The molecule has 10 heteroatoms. The van der Waals surface area contributed by atoms with Crippen molar-refractivity contribution < 1.29 is 22.8 Å². The molecule has 3 N–H and O–H groups in total. The Morgan fingerprint density at radius 2 is 1.69 bits per heavy atom. The second kappa shape index (κ2) is 12.4. The Hall–Kier alpha value is -3.76. The first-order valence-corrected chi connectivity index (χ1v) is 12.9. The van der Waals surface area contributed by atoms with E-state index >= 15 is 0 Å². The maximum absolute atomic E-state index is 13.8. The Bertz CT molecular complexity index is 1290. The van der Waals surface area contributed by atoms with E-state index in [2.05, 4.69) is 20.9 Å². The van der Waals surface area contributed by atoms with E-state index in [1.54, 1.807) is 12.3 Å². The average Bonchev–Trinajstić information content (AvgIpc) is 2.90. The summed E-state index contributed by atoms with van der Waals surface area (Å²) >= 11 is 0. The number of carbonyl (C=O) groups is 2. The van der Waals surface area contributed by atoms with E-state index in [9.17, 15) is 22.8 Å². The normalized spacial score (nSPS) is 15.0. The number of benzene rings is 2. The van der Waals surface area contributed by atoms with Crippen molar-refractivity contribution in [1.29, 1.82) is 0 Å². The van der Waals surface area contributed by atoms with E-state index in [1.807, 2.05) is 42.2 Å². The van der Waals surface area contributed by atoms with Crippen molar-refractivity contribution in [3.63, 3.8) is 0 Å². The zero-order valence-electron chi connectivity index (χ0n) is 21.9. The van der Waals surface area contributed by atoms with Crippen LogP contribution in [0.25, 0.3) is 11.1 Å². The van der Waals surface area contributed by atoms with E-state index < -0.39 is 11.7 Å². The first-order chi connectivity index (χ1) is 18.6. The Balaban J connectivity index is 1.38. The van der Waals surface area contributed by atoms with Gasteiger partial charge in [-0.1, -0.05) is 37.3 Å². The molecule has 1 aliphatic rings. The van der Waals surface area contributed by atoms with Crippen molar-refractivity contribution in [1.82, 2.24) is 15.2 Å². The van der Waals surface area contributed by atoms with Crippen LogP contribution in [0.4, 0.5) is 24.7 Å². The number of halogens is 3. The monoisotopic (exact) mass is 539 g/mol. The number of aromatic nitrogens is 1. The van der Waals surface area contributed by atoms with Crippen LogP contribution in [0.15, 0.2) is 60.8 Å². The van der Waals surface area contributed by atoms with Crippen molar-refractivity contribution in [3.8, 4) is 11.1 Å². The smallest absolute Gasteiger partial charge is 0.326 e. The molecule has 0 bridgehead atoms. The summed E-state index contributed by atoms with van der Waals surface area (Å²) in [4.78, 5) is 30.1. The molecule has 0 aliphatic carbocycles. The van der Waals surface area contributed by atoms with Gasteiger partial charge in [-0.25, -0.2) is 4.98 Å². The van der Waals surface area contributed by atoms with Gasteiger partial charge in [0.25, 0.3) is 0 Å². The van der Waals surface area contributed by atoms with Crippen LogP contribution >= 0.6 is 0 Å². The molecule has 2 amide bonds. The lowest BCUT2D eigenvalue weighted by Crippen LogP contribution is -2.43. The molecule has 1 aliphatic heterocycles. The highest BCUT2D eigenvalue weighted by atomic mass is 19.4. The number of hydrogen-bond acceptors (Lipinski definition) is 5. The van der Waals surface area contributed by atoms with E-state index in [0.29, 0.717) is 18.9 Å². The van der Waals surface area contributed by atoms with Crippen molar-refractivity contribution >= 4 is 23.3 Å². The number of carbonyl (C=O) groups excluding carboxylic acids is 2. The Morgan fingerprint density at radius 3 is 2.31 bits per heavy atom. The number of pyridine rings is 1. The highest BCUT2D eigenvalue weighted by Gasteiger charge is 2.34. The molecule has 4 rings (SSSR count). The maximum Gasteiger partial charge on any atom is 0.416 e. The summed E-state index contributed by atoms with van der Waals surface area (Å²) in [5.74, 6) is -0.221. The van der Waals surface area contributed by atoms with Gasteiger partial charge in [-0.15, -0.1) is 0 Å². The molecular formula is C29H32F3N5O2. The molecule has 2 aromatic carbocycles. The van der Waals surface area contributed by atoms with Gasteiger partial charge in [0.1, 0.15) is 5.82 Å². The summed E-state index contributed by atoms with van der Waals surface area (Å²) in [6.07, 6.45) is -2.73. The fraction of sp³-hybridized carbons (Fsp3) is 0.345. The summed E-state index contributed by atoms with van der Waals surface area (Å²) in [7, 11) is 0. The first-order valence-electron chi connectivity index (χ1n) is 12.9. The average molecular weight is 540 g/mol. The number of hydrogen-bond donors (Lipinski definition) is 3. The van der Waals surface area contributed by atoms with Gasteiger partial charge in [-0.3, -0.25) is 14.5 Å². The summed E-state index contributed by atoms with van der Waals surface area (Å²) in [5, 5.41) is 8.46. The van der Waals surface area contributed by atoms with Crippen LogP contribution in [0.1, 0.15) is 42.9 Å². The highest BCUT2D eigenvalue weighted by molar-refractivity contribution is 5.91. The van der Waals surface area contributed by atoms with Crippen LogP contribution in [-0.4, -0.2) is 47.9 Å². The minimum Gasteiger partial charge on any atom is -0.326 e. The Labute approximate surface area is 225 Å². The molecule has 1 aromatic heterocycles. The number of rotatable bonds is 8. The standard InChI is InChI=1S/C29H32F3N5O2/c1-19(21-3-5-22(6-4-21)23-8-10-27(34-17-23)35-20(2)38)15-28(39)36-25-9-7-24(26(16-25)29(30,31)32)18-37-13-11-33-12-14-37/h3-10,16-17,19,33H,11-15,18H2,1-2H3,(H,36,39)(H,34,35,38). The van der Waals surface area contributed by atoms with Gasteiger partial charge in [-0.05, 0) is 46.9 Å². The van der Waals surface area contributed by atoms with Gasteiger partial charge in [-0.2, -0.15) is 13.2 Å². The van der Waals surface area contributed by atoms with Crippen LogP contribution in [0.5, 0.6) is 0 Å². The molecule has 39 heavy (non-hydrogen) atoms.